The lowest BCUT2D eigenvalue weighted by molar-refractivity contribution is 0.420. The van der Waals surface area contributed by atoms with Gasteiger partial charge in [0.2, 0.25) is 0 Å². The van der Waals surface area contributed by atoms with E-state index >= 15 is 0 Å². The molecule has 0 radical (unpaired) electrons. The van der Waals surface area contributed by atoms with Crippen molar-refractivity contribution < 1.29 is 8.42 Å². The summed E-state index contributed by atoms with van der Waals surface area (Å²) < 4.78 is 24.6. The molecule has 1 fully saturated rings. The molecule has 0 N–H and O–H groups in total. The van der Waals surface area contributed by atoms with E-state index < -0.39 is 9.84 Å². The van der Waals surface area contributed by atoms with Crippen LogP contribution in [-0.2, 0) is 16.4 Å². The monoisotopic (exact) mass is 261 g/mol. The number of aryl methyl sites for hydroxylation is 1. The summed E-state index contributed by atoms with van der Waals surface area (Å²) in [6.07, 6.45) is 1.63. The summed E-state index contributed by atoms with van der Waals surface area (Å²) in [7, 11) is -2.87. The van der Waals surface area contributed by atoms with E-state index in [0.29, 0.717) is 12.3 Å². The lowest BCUT2D eigenvalue weighted by Crippen LogP contribution is -2.30. The third kappa shape index (κ3) is 2.55. The normalized spacial score (nSPS) is 24.4. The van der Waals surface area contributed by atoms with Gasteiger partial charge in [0.25, 0.3) is 0 Å². The molecule has 1 atom stereocenters. The molecule has 16 heavy (non-hydrogen) atoms. The highest BCUT2D eigenvalue weighted by Gasteiger charge is 2.25. The minimum Gasteiger partial charge on any atom is -0.303 e. The van der Waals surface area contributed by atoms with Crippen LogP contribution in [0.25, 0.3) is 0 Å². The van der Waals surface area contributed by atoms with Crippen molar-refractivity contribution in [2.45, 2.75) is 26.3 Å². The maximum atomic E-state index is 11.5. The van der Waals surface area contributed by atoms with E-state index in [0.717, 1.165) is 18.5 Å². The molecular formula is C10H15NO3S2. The van der Waals surface area contributed by atoms with E-state index in [9.17, 15) is 13.2 Å². The van der Waals surface area contributed by atoms with Gasteiger partial charge >= 0.3 is 4.87 Å². The third-order valence-electron chi connectivity index (χ3n) is 2.97. The summed E-state index contributed by atoms with van der Waals surface area (Å²) in [5.74, 6) is 0.639. The summed E-state index contributed by atoms with van der Waals surface area (Å²) in [6.45, 7) is 2.43. The van der Waals surface area contributed by atoms with Gasteiger partial charge in [0.05, 0.1) is 11.5 Å². The van der Waals surface area contributed by atoms with E-state index in [1.54, 1.807) is 4.57 Å². The minimum absolute atomic E-state index is 0.0143. The Morgan fingerprint density at radius 2 is 2.31 bits per heavy atom. The maximum Gasteiger partial charge on any atom is 0.307 e. The Balaban J connectivity index is 2.14. The number of hydrogen-bond donors (Lipinski definition) is 0. The second-order valence-electron chi connectivity index (χ2n) is 4.38. The Bertz CT molecular complexity index is 527. The number of nitrogens with zero attached hydrogens (tertiary/aromatic N) is 1. The molecule has 6 heteroatoms. The van der Waals surface area contributed by atoms with Gasteiger partial charge in [-0.05, 0) is 25.7 Å². The number of sulfone groups is 1. The second kappa shape index (κ2) is 4.33. The van der Waals surface area contributed by atoms with Crippen LogP contribution >= 0.6 is 11.3 Å². The molecule has 1 unspecified atom stereocenters. The zero-order chi connectivity index (χ0) is 11.8. The molecule has 0 bridgehead atoms. The average Bonchev–Trinajstić information content (AvgIpc) is 2.48. The molecule has 2 rings (SSSR count). The predicted molar refractivity (Wildman–Crippen MR) is 64.7 cm³/mol. The van der Waals surface area contributed by atoms with E-state index in [4.69, 9.17) is 0 Å². The first-order chi connectivity index (χ1) is 7.48. The molecule has 4 nitrogen and oxygen atoms in total. The Hall–Kier alpha value is -0.620. The zero-order valence-electron chi connectivity index (χ0n) is 9.18. The van der Waals surface area contributed by atoms with Crippen LogP contribution in [0.2, 0.25) is 0 Å². The van der Waals surface area contributed by atoms with Gasteiger partial charge < -0.3 is 4.57 Å². The molecule has 90 valence electrons. The van der Waals surface area contributed by atoms with Crippen LogP contribution in [0.5, 0.6) is 0 Å². The number of aromatic nitrogens is 1. The number of thiazole rings is 1. The van der Waals surface area contributed by atoms with Crippen molar-refractivity contribution in [3.8, 4) is 0 Å². The van der Waals surface area contributed by atoms with E-state index in [1.807, 2.05) is 12.3 Å². The second-order valence-corrected chi connectivity index (χ2v) is 7.43. The Labute approximate surface area is 98.8 Å². The van der Waals surface area contributed by atoms with Crippen LogP contribution in [-0.4, -0.2) is 24.5 Å². The van der Waals surface area contributed by atoms with E-state index in [1.165, 1.54) is 11.3 Å². The van der Waals surface area contributed by atoms with Crippen molar-refractivity contribution in [3.63, 3.8) is 0 Å². The van der Waals surface area contributed by atoms with Gasteiger partial charge in [0.1, 0.15) is 0 Å². The summed E-state index contributed by atoms with van der Waals surface area (Å²) in [5, 5.41) is 1.82. The summed E-state index contributed by atoms with van der Waals surface area (Å²) in [6, 6.07) is 0. The predicted octanol–water partition coefficient (Wildman–Crippen LogP) is 1.04. The van der Waals surface area contributed by atoms with Gasteiger partial charge in [-0.15, -0.1) is 0 Å². The highest BCUT2D eigenvalue weighted by Crippen LogP contribution is 2.20. The van der Waals surface area contributed by atoms with Gasteiger partial charge in [-0.25, -0.2) is 8.42 Å². The average molecular weight is 261 g/mol. The molecule has 1 aliphatic heterocycles. The summed E-state index contributed by atoms with van der Waals surface area (Å²) >= 11 is 1.18. The number of rotatable bonds is 2. The first kappa shape index (κ1) is 11.9. The number of hydrogen-bond acceptors (Lipinski definition) is 4. The molecule has 2 heterocycles. The fraction of sp³-hybridized carbons (Fsp3) is 0.700. The van der Waals surface area contributed by atoms with Crippen molar-refractivity contribution >= 4 is 21.2 Å². The molecular weight excluding hydrogens is 246 g/mol. The lowest BCUT2D eigenvalue weighted by atomic mass is 10.1. The molecule has 1 saturated heterocycles. The van der Waals surface area contributed by atoms with Gasteiger partial charge in [-0.2, -0.15) is 0 Å². The van der Waals surface area contributed by atoms with E-state index in [2.05, 4.69) is 0 Å². The zero-order valence-corrected chi connectivity index (χ0v) is 10.8. The van der Waals surface area contributed by atoms with Crippen LogP contribution in [0, 0.1) is 12.8 Å². The van der Waals surface area contributed by atoms with Gasteiger partial charge in [-0.1, -0.05) is 11.3 Å². The van der Waals surface area contributed by atoms with E-state index in [-0.39, 0.29) is 16.5 Å². The molecule has 1 aromatic heterocycles. The molecule has 0 saturated carbocycles. The van der Waals surface area contributed by atoms with Crippen molar-refractivity contribution in [1.29, 1.82) is 0 Å². The van der Waals surface area contributed by atoms with Gasteiger partial charge in [0, 0.05) is 17.6 Å². The first-order valence-electron chi connectivity index (χ1n) is 5.33. The van der Waals surface area contributed by atoms with Crippen molar-refractivity contribution in [1.82, 2.24) is 4.57 Å². The fourth-order valence-electron chi connectivity index (χ4n) is 2.15. The van der Waals surface area contributed by atoms with Crippen molar-refractivity contribution in [2.75, 3.05) is 11.5 Å². The quantitative estimate of drug-likeness (QED) is 0.799. The van der Waals surface area contributed by atoms with Crippen LogP contribution < -0.4 is 4.87 Å². The molecule has 0 amide bonds. The maximum absolute atomic E-state index is 11.5. The standard InChI is InChI=1S/C10H15NO3S2/c1-8-6-15-10(12)11(8)5-9-3-2-4-16(13,14)7-9/h6,9H,2-5,7H2,1H3. The van der Waals surface area contributed by atoms with Crippen LogP contribution in [0.3, 0.4) is 0 Å². The SMILES string of the molecule is Cc1csc(=O)n1CC1CCCS(=O)(=O)C1. The fourth-order valence-corrected chi connectivity index (χ4v) is 4.65. The lowest BCUT2D eigenvalue weighted by Gasteiger charge is -2.22. The van der Waals surface area contributed by atoms with Gasteiger partial charge in [0.15, 0.2) is 9.84 Å². The highest BCUT2D eigenvalue weighted by molar-refractivity contribution is 7.91. The Kier molecular flexibility index (Phi) is 3.21. The largest absolute Gasteiger partial charge is 0.307 e. The molecule has 0 aromatic carbocycles. The summed E-state index contributed by atoms with van der Waals surface area (Å²) in [5.41, 5.74) is 0.929. The van der Waals surface area contributed by atoms with Gasteiger partial charge in [-0.3, -0.25) is 4.79 Å². The molecule has 1 aliphatic rings. The summed E-state index contributed by atoms with van der Waals surface area (Å²) in [4.78, 5) is 11.5. The van der Waals surface area contributed by atoms with Crippen LogP contribution in [0.1, 0.15) is 18.5 Å². The smallest absolute Gasteiger partial charge is 0.303 e. The molecule has 1 aromatic rings. The molecule has 0 spiro atoms. The first-order valence-corrected chi connectivity index (χ1v) is 8.03. The van der Waals surface area contributed by atoms with Crippen molar-refractivity contribution in [3.05, 3.63) is 20.7 Å². The van der Waals surface area contributed by atoms with Crippen LogP contribution in [0.4, 0.5) is 0 Å². The minimum atomic E-state index is -2.87. The van der Waals surface area contributed by atoms with Crippen LogP contribution in [0.15, 0.2) is 10.2 Å². The molecule has 0 aliphatic carbocycles. The Morgan fingerprint density at radius 3 is 2.88 bits per heavy atom. The Morgan fingerprint density at radius 1 is 1.56 bits per heavy atom. The third-order valence-corrected chi connectivity index (χ3v) is 5.75. The highest BCUT2D eigenvalue weighted by atomic mass is 32.2. The topological polar surface area (TPSA) is 56.1 Å². The van der Waals surface area contributed by atoms with Crippen molar-refractivity contribution in [2.24, 2.45) is 5.92 Å².